The van der Waals surface area contributed by atoms with Crippen molar-refractivity contribution < 1.29 is 17.9 Å². The summed E-state index contributed by atoms with van der Waals surface area (Å²) in [5.74, 6) is 0.746. The average molecular weight is 494 g/mol. The molecule has 1 saturated heterocycles. The highest BCUT2D eigenvalue weighted by Crippen LogP contribution is 2.19. The molecule has 1 amide bonds. The zero-order valence-electron chi connectivity index (χ0n) is 20.1. The van der Waals surface area contributed by atoms with E-state index >= 15 is 0 Å². The van der Waals surface area contributed by atoms with Gasteiger partial charge in [0.05, 0.1) is 12.0 Å². The van der Waals surface area contributed by atoms with E-state index in [2.05, 4.69) is 4.90 Å². The second-order valence-corrected chi connectivity index (χ2v) is 10.6. The molecule has 0 spiro atoms. The van der Waals surface area contributed by atoms with E-state index in [-0.39, 0.29) is 5.91 Å². The fourth-order valence-electron chi connectivity index (χ4n) is 4.23. The van der Waals surface area contributed by atoms with Gasteiger partial charge in [0.25, 0.3) is 5.91 Å². The van der Waals surface area contributed by atoms with Gasteiger partial charge in [0, 0.05) is 51.9 Å². The summed E-state index contributed by atoms with van der Waals surface area (Å²) in [6, 6.07) is 23.9. The number of carbonyl (C=O) groups excluding carboxylic acids is 1. The third-order valence-electron chi connectivity index (χ3n) is 6.22. The Morgan fingerprint density at radius 3 is 2.23 bits per heavy atom. The summed E-state index contributed by atoms with van der Waals surface area (Å²) in [7, 11) is -0.0398. The van der Waals surface area contributed by atoms with Crippen LogP contribution in [0.1, 0.15) is 21.5 Å². The van der Waals surface area contributed by atoms with Crippen LogP contribution >= 0.6 is 0 Å². The molecule has 0 unspecified atom stereocenters. The molecule has 1 aliphatic rings. The van der Waals surface area contributed by atoms with Gasteiger partial charge in [-0.25, -0.2) is 8.42 Å². The molecule has 3 aromatic rings. The number of benzene rings is 3. The number of piperazine rings is 1. The Morgan fingerprint density at radius 2 is 1.57 bits per heavy atom. The minimum atomic E-state index is -3.47. The molecule has 184 valence electrons. The predicted molar refractivity (Wildman–Crippen MR) is 136 cm³/mol. The van der Waals surface area contributed by atoms with E-state index in [4.69, 9.17) is 4.74 Å². The van der Waals surface area contributed by atoms with Crippen LogP contribution < -0.4 is 4.74 Å². The third-order valence-corrected chi connectivity index (χ3v) is 8.13. The van der Waals surface area contributed by atoms with Crippen molar-refractivity contribution in [1.29, 1.82) is 0 Å². The standard InChI is InChI=1S/C27H31N3O4S/c1-28(20-22-11-13-25(34-2)14-12-22)27(31)24-8-6-7-23(19-24)21-29-15-17-30(18-16-29)35(32,33)26-9-4-3-5-10-26/h3-14,19H,15-18,20-21H2,1-2H3. The Hall–Kier alpha value is -3.20. The maximum absolute atomic E-state index is 13.0. The SMILES string of the molecule is COc1ccc(CN(C)C(=O)c2cccc(CN3CCN(S(=O)(=O)c4ccccc4)CC3)c2)cc1. The van der Waals surface area contributed by atoms with E-state index in [0.29, 0.717) is 49.7 Å². The molecule has 7 nitrogen and oxygen atoms in total. The maximum Gasteiger partial charge on any atom is 0.253 e. The van der Waals surface area contributed by atoms with Gasteiger partial charge in [0.15, 0.2) is 0 Å². The molecule has 0 N–H and O–H groups in total. The lowest BCUT2D eigenvalue weighted by atomic mass is 10.1. The van der Waals surface area contributed by atoms with Crippen LogP contribution in [0.25, 0.3) is 0 Å². The molecule has 0 bridgehead atoms. The minimum Gasteiger partial charge on any atom is -0.497 e. The van der Waals surface area contributed by atoms with Crippen molar-refractivity contribution in [2.75, 3.05) is 40.3 Å². The molecule has 0 aliphatic carbocycles. The Labute approximate surface area is 207 Å². The first-order valence-electron chi connectivity index (χ1n) is 11.6. The Bertz CT molecular complexity index is 1240. The van der Waals surface area contributed by atoms with Crippen molar-refractivity contribution in [1.82, 2.24) is 14.1 Å². The highest BCUT2D eigenvalue weighted by Gasteiger charge is 2.28. The highest BCUT2D eigenvalue weighted by molar-refractivity contribution is 7.89. The van der Waals surface area contributed by atoms with Gasteiger partial charge in [-0.3, -0.25) is 9.69 Å². The number of amides is 1. The van der Waals surface area contributed by atoms with Crippen LogP contribution in [0.5, 0.6) is 5.75 Å². The van der Waals surface area contributed by atoms with Crippen molar-refractivity contribution in [3.8, 4) is 5.75 Å². The number of rotatable bonds is 8. The average Bonchev–Trinajstić information content (AvgIpc) is 2.89. The molecule has 0 saturated carbocycles. The van der Waals surface area contributed by atoms with Crippen LogP contribution in [0.15, 0.2) is 83.8 Å². The van der Waals surface area contributed by atoms with Gasteiger partial charge in [-0.05, 0) is 47.5 Å². The molecule has 35 heavy (non-hydrogen) atoms. The lowest BCUT2D eigenvalue weighted by molar-refractivity contribution is 0.0784. The molecule has 8 heteroatoms. The third kappa shape index (κ3) is 6.08. The smallest absolute Gasteiger partial charge is 0.253 e. The van der Waals surface area contributed by atoms with E-state index in [9.17, 15) is 13.2 Å². The molecule has 0 radical (unpaired) electrons. The van der Waals surface area contributed by atoms with Gasteiger partial charge in [-0.1, -0.05) is 42.5 Å². The number of ether oxygens (including phenoxy) is 1. The molecule has 0 aromatic heterocycles. The van der Waals surface area contributed by atoms with E-state index in [1.165, 1.54) is 0 Å². The van der Waals surface area contributed by atoms with Crippen molar-refractivity contribution in [2.24, 2.45) is 0 Å². The van der Waals surface area contributed by atoms with E-state index < -0.39 is 10.0 Å². The first-order chi connectivity index (χ1) is 16.9. The number of hydrogen-bond acceptors (Lipinski definition) is 5. The molecular formula is C27H31N3O4S. The molecule has 1 heterocycles. The number of hydrogen-bond donors (Lipinski definition) is 0. The number of carbonyl (C=O) groups is 1. The molecule has 1 aliphatic heterocycles. The molecular weight excluding hydrogens is 462 g/mol. The summed E-state index contributed by atoms with van der Waals surface area (Å²) in [4.78, 5) is 17.3. The normalized spacial score (nSPS) is 15.0. The lowest BCUT2D eigenvalue weighted by Crippen LogP contribution is -2.48. The van der Waals surface area contributed by atoms with Gasteiger partial charge in [-0.15, -0.1) is 0 Å². The summed E-state index contributed by atoms with van der Waals surface area (Å²) in [6.07, 6.45) is 0. The second kappa shape index (κ2) is 11.0. The number of nitrogens with zero attached hydrogens (tertiary/aromatic N) is 3. The summed E-state index contributed by atoms with van der Waals surface area (Å²) in [5, 5.41) is 0. The molecule has 3 aromatic carbocycles. The predicted octanol–water partition coefficient (Wildman–Crippen LogP) is 3.47. The molecule has 4 rings (SSSR count). The Morgan fingerprint density at radius 1 is 0.886 bits per heavy atom. The van der Waals surface area contributed by atoms with Crippen LogP contribution in [-0.4, -0.2) is 68.8 Å². The zero-order chi connectivity index (χ0) is 24.8. The van der Waals surface area contributed by atoms with Gasteiger partial charge >= 0.3 is 0 Å². The monoisotopic (exact) mass is 493 g/mol. The largest absolute Gasteiger partial charge is 0.497 e. The van der Waals surface area contributed by atoms with E-state index in [1.54, 1.807) is 47.6 Å². The van der Waals surface area contributed by atoms with Crippen LogP contribution in [-0.2, 0) is 23.1 Å². The first kappa shape index (κ1) is 24.9. The summed E-state index contributed by atoms with van der Waals surface area (Å²) in [6.45, 7) is 3.34. The van der Waals surface area contributed by atoms with Crippen molar-refractivity contribution in [3.63, 3.8) is 0 Å². The number of methoxy groups -OCH3 is 1. The summed E-state index contributed by atoms with van der Waals surface area (Å²) in [5.41, 5.74) is 2.71. The topological polar surface area (TPSA) is 70.2 Å². The van der Waals surface area contributed by atoms with E-state index in [1.807, 2.05) is 54.6 Å². The summed E-state index contributed by atoms with van der Waals surface area (Å²) >= 11 is 0. The fraction of sp³-hybridized carbons (Fsp3) is 0.296. The maximum atomic E-state index is 13.0. The zero-order valence-corrected chi connectivity index (χ0v) is 20.9. The van der Waals surface area contributed by atoms with Crippen molar-refractivity contribution in [3.05, 3.63) is 95.6 Å². The van der Waals surface area contributed by atoms with E-state index in [0.717, 1.165) is 16.9 Å². The number of sulfonamides is 1. The Kier molecular flexibility index (Phi) is 7.85. The quantitative estimate of drug-likeness (QED) is 0.481. The van der Waals surface area contributed by atoms with Crippen LogP contribution in [0, 0.1) is 0 Å². The van der Waals surface area contributed by atoms with Crippen LogP contribution in [0.4, 0.5) is 0 Å². The fourth-order valence-corrected chi connectivity index (χ4v) is 5.67. The summed E-state index contributed by atoms with van der Waals surface area (Å²) < 4.78 is 32.5. The van der Waals surface area contributed by atoms with Gasteiger partial charge < -0.3 is 9.64 Å². The van der Waals surface area contributed by atoms with Crippen molar-refractivity contribution in [2.45, 2.75) is 18.0 Å². The highest BCUT2D eigenvalue weighted by atomic mass is 32.2. The van der Waals surface area contributed by atoms with Crippen LogP contribution in [0.3, 0.4) is 0 Å². The van der Waals surface area contributed by atoms with Crippen LogP contribution in [0.2, 0.25) is 0 Å². The minimum absolute atomic E-state index is 0.0403. The molecule has 1 fully saturated rings. The van der Waals surface area contributed by atoms with Crippen molar-refractivity contribution >= 4 is 15.9 Å². The second-order valence-electron chi connectivity index (χ2n) is 8.70. The van der Waals surface area contributed by atoms with Gasteiger partial charge in [-0.2, -0.15) is 4.31 Å². The van der Waals surface area contributed by atoms with Gasteiger partial charge in [0.1, 0.15) is 5.75 Å². The molecule has 0 atom stereocenters. The lowest BCUT2D eigenvalue weighted by Gasteiger charge is -2.34. The first-order valence-corrected chi connectivity index (χ1v) is 13.1. The van der Waals surface area contributed by atoms with Gasteiger partial charge in [0.2, 0.25) is 10.0 Å². The Balaban J connectivity index is 1.34.